The second kappa shape index (κ2) is 3.88. The first-order valence-electron chi connectivity index (χ1n) is 4.54. The summed E-state index contributed by atoms with van der Waals surface area (Å²) < 4.78 is 6.43. The highest BCUT2D eigenvalue weighted by atomic mass is 79.9. The molecule has 1 aromatic rings. The van der Waals surface area contributed by atoms with E-state index in [9.17, 15) is 5.11 Å². The van der Waals surface area contributed by atoms with Crippen LogP contribution in [0.15, 0.2) is 22.7 Å². The molecule has 0 amide bonds. The number of rotatable bonds is 0. The van der Waals surface area contributed by atoms with Crippen molar-refractivity contribution in [2.24, 2.45) is 5.73 Å². The van der Waals surface area contributed by atoms with Crippen LogP contribution < -0.4 is 10.5 Å². The lowest BCUT2D eigenvalue weighted by Gasteiger charge is -2.16. The van der Waals surface area contributed by atoms with Gasteiger partial charge in [0.2, 0.25) is 0 Å². The molecule has 1 aromatic carbocycles. The Morgan fingerprint density at radius 3 is 3.07 bits per heavy atom. The summed E-state index contributed by atoms with van der Waals surface area (Å²) in [6, 6.07) is 5.32. The van der Waals surface area contributed by atoms with Gasteiger partial charge in [-0.25, -0.2) is 0 Å². The Balaban J connectivity index is 2.44. The molecule has 0 saturated carbocycles. The van der Waals surface area contributed by atoms with Gasteiger partial charge in [-0.3, -0.25) is 0 Å². The topological polar surface area (TPSA) is 55.5 Å². The van der Waals surface area contributed by atoms with Gasteiger partial charge in [0.05, 0.1) is 18.8 Å². The van der Waals surface area contributed by atoms with E-state index in [-0.39, 0.29) is 6.04 Å². The summed E-state index contributed by atoms with van der Waals surface area (Å²) in [6.45, 7) is 0.517. The number of fused-ring (bicyclic) bond motifs is 1. The number of benzene rings is 1. The van der Waals surface area contributed by atoms with E-state index >= 15 is 0 Å². The second-order valence-electron chi connectivity index (χ2n) is 3.41. The zero-order valence-corrected chi connectivity index (χ0v) is 9.20. The minimum atomic E-state index is -0.523. The molecule has 0 bridgehead atoms. The molecule has 1 aliphatic rings. The first-order valence-corrected chi connectivity index (χ1v) is 5.33. The molecular weight excluding hydrogens is 246 g/mol. The van der Waals surface area contributed by atoms with Crippen LogP contribution in [-0.4, -0.2) is 17.8 Å². The molecule has 2 rings (SSSR count). The van der Waals surface area contributed by atoms with Gasteiger partial charge in [0.15, 0.2) is 0 Å². The summed E-state index contributed by atoms with van der Waals surface area (Å²) in [4.78, 5) is 0. The van der Waals surface area contributed by atoms with Crippen LogP contribution >= 0.6 is 15.9 Å². The van der Waals surface area contributed by atoms with Crippen LogP contribution in [0.3, 0.4) is 0 Å². The molecule has 14 heavy (non-hydrogen) atoms. The van der Waals surface area contributed by atoms with Crippen LogP contribution in [0.5, 0.6) is 5.75 Å². The summed E-state index contributed by atoms with van der Waals surface area (Å²) in [5.74, 6) is 0.775. The van der Waals surface area contributed by atoms with Crippen LogP contribution in [0.25, 0.3) is 0 Å². The maximum atomic E-state index is 9.68. The van der Waals surface area contributed by atoms with Gasteiger partial charge in [-0.05, 0) is 18.2 Å². The van der Waals surface area contributed by atoms with Crippen molar-refractivity contribution in [3.63, 3.8) is 0 Å². The number of hydrogen-bond acceptors (Lipinski definition) is 3. The first kappa shape index (κ1) is 9.96. The monoisotopic (exact) mass is 257 g/mol. The maximum Gasteiger partial charge on any atom is 0.124 e. The number of hydrogen-bond donors (Lipinski definition) is 2. The Bertz CT molecular complexity index is 343. The van der Waals surface area contributed by atoms with Crippen LogP contribution in [0, 0.1) is 0 Å². The van der Waals surface area contributed by atoms with Crippen molar-refractivity contribution in [2.45, 2.75) is 18.6 Å². The lowest BCUT2D eigenvalue weighted by Crippen LogP contribution is -2.25. The van der Waals surface area contributed by atoms with Gasteiger partial charge in [-0.1, -0.05) is 15.9 Å². The van der Waals surface area contributed by atoms with E-state index in [1.165, 1.54) is 0 Å². The van der Waals surface area contributed by atoms with Crippen molar-refractivity contribution in [1.29, 1.82) is 0 Å². The molecule has 3 nitrogen and oxygen atoms in total. The predicted molar refractivity (Wildman–Crippen MR) is 57.2 cm³/mol. The summed E-state index contributed by atoms with van der Waals surface area (Å²) in [5.41, 5.74) is 6.77. The van der Waals surface area contributed by atoms with E-state index < -0.39 is 6.10 Å². The summed E-state index contributed by atoms with van der Waals surface area (Å²) in [6.07, 6.45) is 0.0542. The van der Waals surface area contributed by atoms with Gasteiger partial charge in [0, 0.05) is 16.5 Å². The summed E-state index contributed by atoms with van der Waals surface area (Å²) in [7, 11) is 0. The third-order valence-electron chi connectivity index (χ3n) is 2.42. The third-order valence-corrected chi connectivity index (χ3v) is 2.91. The smallest absolute Gasteiger partial charge is 0.124 e. The fourth-order valence-electron chi connectivity index (χ4n) is 1.59. The van der Waals surface area contributed by atoms with Gasteiger partial charge in [-0.15, -0.1) is 0 Å². The zero-order chi connectivity index (χ0) is 10.1. The second-order valence-corrected chi connectivity index (χ2v) is 4.33. The van der Waals surface area contributed by atoms with Crippen molar-refractivity contribution >= 4 is 15.9 Å². The van der Waals surface area contributed by atoms with E-state index in [0.29, 0.717) is 13.0 Å². The molecule has 0 saturated heterocycles. The molecular formula is C10H12BrNO2. The standard InChI is InChI=1S/C10H12BrNO2/c11-6-1-2-9-7(5-6)10(12)8(13)3-4-14-9/h1-2,5,8,10,13H,3-4,12H2/t8-,10-/m1/s1. The number of aliphatic hydroxyl groups excluding tert-OH is 1. The van der Waals surface area contributed by atoms with Gasteiger partial charge in [0.25, 0.3) is 0 Å². The Kier molecular flexibility index (Phi) is 2.76. The Labute approximate surface area is 91.0 Å². The lowest BCUT2D eigenvalue weighted by atomic mass is 10.0. The molecule has 2 atom stereocenters. The predicted octanol–water partition coefficient (Wildman–Crippen LogP) is 1.59. The fraction of sp³-hybridized carbons (Fsp3) is 0.400. The van der Waals surface area contributed by atoms with E-state index in [0.717, 1.165) is 15.8 Å². The van der Waals surface area contributed by atoms with Crippen LogP contribution in [0.4, 0.5) is 0 Å². The fourth-order valence-corrected chi connectivity index (χ4v) is 1.97. The van der Waals surface area contributed by atoms with Crippen LogP contribution in [0.2, 0.25) is 0 Å². The maximum absolute atomic E-state index is 9.68. The lowest BCUT2D eigenvalue weighted by molar-refractivity contribution is 0.126. The molecule has 3 N–H and O–H groups in total. The minimum absolute atomic E-state index is 0.356. The van der Waals surface area contributed by atoms with Crippen molar-refractivity contribution in [1.82, 2.24) is 0 Å². The first-order chi connectivity index (χ1) is 6.68. The molecule has 1 aliphatic heterocycles. The SMILES string of the molecule is N[C@@H]1c2cc(Br)ccc2OCC[C@H]1O. The Hall–Kier alpha value is -0.580. The molecule has 0 radical (unpaired) electrons. The van der Waals surface area contributed by atoms with Gasteiger partial charge in [0.1, 0.15) is 5.75 Å². The van der Waals surface area contributed by atoms with Crippen molar-refractivity contribution in [3.8, 4) is 5.75 Å². The average Bonchev–Trinajstić information content (AvgIpc) is 2.30. The highest BCUT2D eigenvalue weighted by Crippen LogP contribution is 2.32. The molecule has 1 heterocycles. The van der Waals surface area contributed by atoms with Crippen LogP contribution in [-0.2, 0) is 0 Å². The quantitative estimate of drug-likeness (QED) is 0.743. The highest BCUT2D eigenvalue weighted by Gasteiger charge is 2.23. The number of halogens is 1. The molecule has 0 fully saturated rings. The largest absolute Gasteiger partial charge is 0.493 e. The number of nitrogens with two attached hydrogens (primary N) is 1. The van der Waals surface area contributed by atoms with Gasteiger partial charge >= 0.3 is 0 Å². The van der Waals surface area contributed by atoms with E-state index in [4.69, 9.17) is 10.5 Å². The third kappa shape index (κ3) is 1.78. The Morgan fingerprint density at radius 1 is 1.50 bits per heavy atom. The van der Waals surface area contributed by atoms with Crippen molar-refractivity contribution in [3.05, 3.63) is 28.2 Å². The van der Waals surface area contributed by atoms with Gasteiger partial charge < -0.3 is 15.6 Å². The van der Waals surface area contributed by atoms with E-state index in [2.05, 4.69) is 15.9 Å². The Morgan fingerprint density at radius 2 is 2.29 bits per heavy atom. The summed E-state index contributed by atoms with van der Waals surface area (Å²) in [5, 5.41) is 9.68. The summed E-state index contributed by atoms with van der Waals surface area (Å²) >= 11 is 3.37. The molecule has 0 spiro atoms. The highest BCUT2D eigenvalue weighted by molar-refractivity contribution is 9.10. The number of ether oxygens (including phenoxy) is 1. The zero-order valence-electron chi connectivity index (χ0n) is 7.61. The molecule has 76 valence electrons. The van der Waals surface area contributed by atoms with E-state index in [1.807, 2.05) is 18.2 Å². The van der Waals surface area contributed by atoms with E-state index in [1.54, 1.807) is 0 Å². The molecule has 4 heteroatoms. The van der Waals surface area contributed by atoms with Crippen molar-refractivity contribution < 1.29 is 9.84 Å². The normalized spacial score (nSPS) is 26.2. The molecule has 0 aliphatic carbocycles. The number of aliphatic hydroxyl groups is 1. The average molecular weight is 258 g/mol. The molecule has 0 unspecified atom stereocenters. The minimum Gasteiger partial charge on any atom is -0.493 e. The van der Waals surface area contributed by atoms with Gasteiger partial charge in [-0.2, -0.15) is 0 Å². The van der Waals surface area contributed by atoms with Crippen molar-refractivity contribution in [2.75, 3.05) is 6.61 Å². The van der Waals surface area contributed by atoms with Crippen LogP contribution in [0.1, 0.15) is 18.0 Å². The molecule has 0 aromatic heterocycles.